The highest BCUT2D eigenvalue weighted by Gasteiger charge is 2.20. The van der Waals surface area contributed by atoms with E-state index in [2.05, 4.69) is 21.2 Å². The van der Waals surface area contributed by atoms with Gasteiger partial charge >= 0.3 is 0 Å². The quantitative estimate of drug-likeness (QED) is 0.927. The lowest BCUT2D eigenvalue weighted by Gasteiger charge is -2.15. The van der Waals surface area contributed by atoms with Crippen molar-refractivity contribution in [3.8, 4) is 0 Å². The summed E-state index contributed by atoms with van der Waals surface area (Å²) < 4.78 is 33.2. The monoisotopic (exact) mass is 315 g/mol. The van der Waals surface area contributed by atoms with Gasteiger partial charge in [0.25, 0.3) is 0 Å². The summed E-state index contributed by atoms with van der Waals surface area (Å²) in [6.07, 6.45) is 1.71. The van der Waals surface area contributed by atoms with Crippen molar-refractivity contribution in [2.24, 2.45) is 0 Å². The lowest BCUT2D eigenvalue weighted by Crippen LogP contribution is -2.19. The molecule has 1 unspecified atom stereocenters. The van der Waals surface area contributed by atoms with Crippen LogP contribution < -0.4 is 5.32 Å². The molecule has 0 bridgehead atoms. The maximum absolute atomic E-state index is 13.6. The number of halogens is 3. The van der Waals surface area contributed by atoms with Gasteiger partial charge in [-0.3, -0.25) is 0 Å². The van der Waals surface area contributed by atoms with Gasteiger partial charge in [0.2, 0.25) is 0 Å². The summed E-state index contributed by atoms with van der Waals surface area (Å²) in [5.41, 5.74) is 0.0557. The van der Waals surface area contributed by atoms with Crippen LogP contribution >= 0.6 is 15.9 Å². The van der Waals surface area contributed by atoms with Gasteiger partial charge in [0.15, 0.2) is 0 Å². The first-order valence-electron chi connectivity index (χ1n) is 5.46. The molecule has 5 heteroatoms. The maximum atomic E-state index is 13.6. The number of furan rings is 1. The summed E-state index contributed by atoms with van der Waals surface area (Å²) in [7, 11) is 1.72. The number of rotatable bonds is 4. The molecule has 0 aliphatic carbocycles. The second kappa shape index (κ2) is 5.63. The van der Waals surface area contributed by atoms with Crippen LogP contribution in [0.2, 0.25) is 0 Å². The fraction of sp³-hybridized carbons (Fsp3) is 0.231. The molecule has 1 atom stereocenters. The molecule has 0 fully saturated rings. The fourth-order valence-electron chi connectivity index (χ4n) is 1.81. The van der Waals surface area contributed by atoms with Crippen LogP contribution in [0, 0.1) is 11.6 Å². The minimum Gasteiger partial charge on any atom is -0.466 e. The van der Waals surface area contributed by atoms with Crippen LogP contribution in [0.5, 0.6) is 0 Å². The number of benzene rings is 1. The van der Waals surface area contributed by atoms with Gasteiger partial charge in [-0.05, 0) is 41.2 Å². The number of hydrogen-bond donors (Lipinski definition) is 1. The Labute approximate surface area is 112 Å². The summed E-state index contributed by atoms with van der Waals surface area (Å²) in [6.45, 7) is 0. The molecule has 0 spiro atoms. The third kappa shape index (κ3) is 2.62. The van der Waals surface area contributed by atoms with Crippen LogP contribution in [0.15, 0.2) is 39.4 Å². The predicted molar refractivity (Wildman–Crippen MR) is 68.3 cm³/mol. The molecule has 18 heavy (non-hydrogen) atoms. The summed E-state index contributed by atoms with van der Waals surface area (Å²) in [4.78, 5) is 0. The average molecular weight is 316 g/mol. The number of nitrogens with one attached hydrogen (secondary N) is 1. The van der Waals surface area contributed by atoms with E-state index in [1.165, 1.54) is 24.5 Å². The van der Waals surface area contributed by atoms with E-state index in [9.17, 15) is 8.78 Å². The molecule has 2 rings (SSSR count). The molecule has 2 nitrogen and oxygen atoms in total. The van der Waals surface area contributed by atoms with Gasteiger partial charge in [-0.15, -0.1) is 0 Å². The third-order valence-corrected chi connectivity index (χ3v) is 3.43. The summed E-state index contributed by atoms with van der Waals surface area (Å²) >= 11 is 3.34. The molecule has 2 aromatic rings. The van der Waals surface area contributed by atoms with Gasteiger partial charge in [-0.1, -0.05) is 6.07 Å². The molecule has 0 saturated carbocycles. The highest BCUT2D eigenvalue weighted by atomic mass is 79.9. The van der Waals surface area contributed by atoms with Gasteiger partial charge in [0, 0.05) is 12.0 Å². The molecule has 1 N–H and O–H groups in total. The molecule has 0 radical (unpaired) electrons. The van der Waals surface area contributed by atoms with E-state index >= 15 is 0 Å². The fourth-order valence-corrected chi connectivity index (χ4v) is 2.29. The summed E-state index contributed by atoms with van der Waals surface area (Å²) in [5.74, 6) is -0.462. The van der Waals surface area contributed by atoms with E-state index in [4.69, 9.17) is 4.42 Å². The first-order valence-corrected chi connectivity index (χ1v) is 6.25. The van der Waals surface area contributed by atoms with Crippen molar-refractivity contribution >= 4 is 15.9 Å². The lowest BCUT2D eigenvalue weighted by molar-refractivity contribution is 0.417. The minimum atomic E-state index is -0.544. The van der Waals surface area contributed by atoms with E-state index in [1.54, 1.807) is 13.1 Å². The van der Waals surface area contributed by atoms with Gasteiger partial charge in [0.1, 0.15) is 17.4 Å². The summed E-state index contributed by atoms with van der Waals surface area (Å²) in [6, 6.07) is 5.31. The zero-order valence-electron chi connectivity index (χ0n) is 9.71. The highest BCUT2D eigenvalue weighted by Crippen LogP contribution is 2.28. The van der Waals surface area contributed by atoms with E-state index in [0.29, 0.717) is 5.76 Å². The second-order valence-electron chi connectivity index (χ2n) is 3.88. The predicted octanol–water partition coefficient (Wildman–Crippen LogP) is 3.82. The van der Waals surface area contributed by atoms with Crippen LogP contribution in [0.4, 0.5) is 8.78 Å². The van der Waals surface area contributed by atoms with E-state index in [-0.39, 0.29) is 18.0 Å². The van der Waals surface area contributed by atoms with Gasteiger partial charge in [0.05, 0.1) is 16.8 Å². The summed E-state index contributed by atoms with van der Waals surface area (Å²) in [5, 5.41) is 2.99. The Balaban J connectivity index is 2.29. The zero-order chi connectivity index (χ0) is 13.1. The van der Waals surface area contributed by atoms with Crippen LogP contribution in [0.25, 0.3) is 0 Å². The molecule has 0 aliphatic heterocycles. The molecule has 1 heterocycles. The van der Waals surface area contributed by atoms with Crippen molar-refractivity contribution in [1.29, 1.82) is 0 Å². The highest BCUT2D eigenvalue weighted by molar-refractivity contribution is 9.10. The Bertz CT molecular complexity index is 521. The number of likely N-dealkylation sites (N-methyl/N-ethyl adjacent to an activating group) is 1. The maximum Gasteiger partial charge on any atom is 0.135 e. The van der Waals surface area contributed by atoms with Crippen LogP contribution in [0.3, 0.4) is 0 Å². The van der Waals surface area contributed by atoms with Crippen LogP contribution in [-0.2, 0) is 6.42 Å². The first-order chi connectivity index (χ1) is 8.63. The Kier molecular flexibility index (Phi) is 4.14. The van der Waals surface area contributed by atoms with Gasteiger partial charge in [-0.2, -0.15) is 0 Å². The Morgan fingerprint density at radius 3 is 2.44 bits per heavy atom. The zero-order valence-corrected chi connectivity index (χ0v) is 11.3. The molecule has 1 aromatic carbocycles. The van der Waals surface area contributed by atoms with Crippen LogP contribution in [-0.4, -0.2) is 7.05 Å². The van der Waals surface area contributed by atoms with Crippen LogP contribution in [0.1, 0.15) is 17.4 Å². The molecule has 0 amide bonds. The van der Waals surface area contributed by atoms with E-state index < -0.39 is 11.6 Å². The average Bonchev–Trinajstić information content (AvgIpc) is 2.76. The molecule has 96 valence electrons. The topological polar surface area (TPSA) is 25.2 Å². The van der Waals surface area contributed by atoms with Crippen molar-refractivity contribution < 1.29 is 13.2 Å². The Morgan fingerprint density at radius 2 is 1.94 bits per heavy atom. The lowest BCUT2D eigenvalue weighted by atomic mass is 10.0. The van der Waals surface area contributed by atoms with Crippen molar-refractivity contribution in [2.75, 3.05) is 7.05 Å². The van der Waals surface area contributed by atoms with E-state index in [0.717, 1.165) is 4.47 Å². The second-order valence-corrected chi connectivity index (χ2v) is 4.73. The van der Waals surface area contributed by atoms with Gasteiger partial charge < -0.3 is 9.73 Å². The Morgan fingerprint density at radius 1 is 1.28 bits per heavy atom. The van der Waals surface area contributed by atoms with Crippen molar-refractivity contribution in [3.63, 3.8) is 0 Å². The smallest absolute Gasteiger partial charge is 0.135 e. The van der Waals surface area contributed by atoms with Gasteiger partial charge in [-0.25, -0.2) is 8.78 Å². The third-order valence-electron chi connectivity index (χ3n) is 2.78. The normalized spacial score (nSPS) is 12.7. The van der Waals surface area contributed by atoms with Crippen molar-refractivity contribution in [2.45, 2.75) is 12.5 Å². The molecular weight excluding hydrogens is 304 g/mol. The van der Waals surface area contributed by atoms with Crippen molar-refractivity contribution in [3.05, 3.63) is 58.0 Å². The first kappa shape index (κ1) is 13.2. The molecule has 0 aliphatic rings. The molecule has 0 saturated heterocycles. The van der Waals surface area contributed by atoms with E-state index in [1.807, 2.05) is 0 Å². The standard InChI is InChI=1S/C13H12BrF2NO/c1-17-12(13-9(14)5-6-18-13)7-8-10(15)3-2-4-11(8)16/h2-6,12,17H,7H2,1H3. The molecular formula is C13H12BrF2NO. The number of hydrogen-bond acceptors (Lipinski definition) is 2. The SMILES string of the molecule is CNC(Cc1c(F)cccc1F)c1occc1Br. The molecule has 1 aromatic heterocycles. The Hall–Kier alpha value is -1.20. The minimum absolute atomic E-state index is 0.0557. The largest absolute Gasteiger partial charge is 0.466 e. The van der Waals surface area contributed by atoms with Crippen molar-refractivity contribution in [1.82, 2.24) is 5.32 Å².